The Morgan fingerprint density at radius 3 is 2.77 bits per heavy atom. The first kappa shape index (κ1) is 20.8. The molecule has 2 aromatic carbocycles. The number of aryl methyl sites for hydroxylation is 1. The maximum absolute atomic E-state index is 12.5. The fourth-order valence-electron chi connectivity index (χ4n) is 3.75. The lowest BCUT2D eigenvalue weighted by Crippen LogP contribution is -2.35. The highest BCUT2D eigenvalue weighted by Crippen LogP contribution is 2.36. The molecule has 4 rings (SSSR count). The SMILES string of the molecule is CN1C(=O)CCc2ccc(NC(=O)N[C@@H]3CCOc4cc(OC(F)(F)F)ccc43)cc21. The molecular formula is C21H20F3N3O4. The molecule has 0 aliphatic carbocycles. The summed E-state index contributed by atoms with van der Waals surface area (Å²) in [6.07, 6.45) is -3.23. The fourth-order valence-corrected chi connectivity index (χ4v) is 3.75. The Kier molecular flexibility index (Phi) is 5.38. The molecule has 0 aromatic heterocycles. The molecule has 1 atom stereocenters. The van der Waals surface area contributed by atoms with E-state index in [0.717, 1.165) is 17.3 Å². The topological polar surface area (TPSA) is 79.9 Å². The van der Waals surface area contributed by atoms with E-state index >= 15 is 0 Å². The van der Waals surface area contributed by atoms with E-state index in [2.05, 4.69) is 15.4 Å². The molecule has 0 radical (unpaired) electrons. The number of nitrogens with zero attached hydrogens (tertiary/aromatic N) is 1. The number of benzene rings is 2. The Balaban J connectivity index is 1.45. The molecule has 7 nitrogen and oxygen atoms in total. The average Bonchev–Trinajstić information content (AvgIpc) is 2.70. The van der Waals surface area contributed by atoms with Gasteiger partial charge >= 0.3 is 12.4 Å². The Morgan fingerprint density at radius 2 is 2.00 bits per heavy atom. The van der Waals surface area contributed by atoms with Gasteiger partial charge in [0.2, 0.25) is 5.91 Å². The van der Waals surface area contributed by atoms with E-state index in [1.807, 2.05) is 6.07 Å². The molecule has 0 bridgehead atoms. The van der Waals surface area contributed by atoms with Crippen LogP contribution in [0.1, 0.15) is 30.0 Å². The predicted molar refractivity (Wildman–Crippen MR) is 106 cm³/mol. The first-order chi connectivity index (χ1) is 14.7. The summed E-state index contributed by atoms with van der Waals surface area (Å²) in [4.78, 5) is 26.0. The molecule has 2 aliphatic rings. The van der Waals surface area contributed by atoms with Gasteiger partial charge in [-0.15, -0.1) is 13.2 Å². The van der Waals surface area contributed by atoms with Crippen molar-refractivity contribution in [2.45, 2.75) is 31.7 Å². The lowest BCUT2D eigenvalue weighted by atomic mass is 10.0. The standard InChI is InChI=1S/C21H20F3N3O4/c1-27-17-10-13(4-2-12(17)3-7-19(27)28)25-20(29)26-16-8-9-30-18-11-14(5-6-15(16)18)31-21(22,23)24/h2,4-6,10-11,16H,3,7-9H2,1H3,(H2,25,26,29)/t16-/m1/s1. The van der Waals surface area contributed by atoms with Crippen molar-refractivity contribution in [2.24, 2.45) is 0 Å². The zero-order valence-corrected chi connectivity index (χ0v) is 16.6. The normalized spacial score (nSPS) is 17.9. The van der Waals surface area contributed by atoms with Crippen LogP contribution in [0.15, 0.2) is 36.4 Å². The summed E-state index contributed by atoms with van der Waals surface area (Å²) in [7, 11) is 1.69. The van der Waals surface area contributed by atoms with Crippen LogP contribution in [-0.2, 0) is 11.2 Å². The molecular weight excluding hydrogens is 415 g/mol. The van der Waals surface area contributed by atoms with Crippen LogP contribution in [0, 0.1) is 0 Å². The van der Waals surface area contributed by atoms with Crippen LogP contribution in [0.25, 0.3) is 0 Å². The number of anilines is 2. The number of carbonyl (C=O) groups is 2. The monoisotopic (exact) mass is 435 g/mol. The first-order valence-corrected chi connectivity index (χ1v) is 9.69. The van der Waals surface area contributed by atoms with E-state index < -0.39 is 18.4 Å². The smallest absolute Gasteiger partial charge is 0.493 e. The highest BCUT2D eigenvalue weighted by Gasteiger charge is 2.32. The van der Waals surface area contributed by atoms with Gasteiger partial charge in [0.05, 0.1) is 12.6 Å². The highest BCUT2D eigenvalue weighted by atomic mass is 19.4. The molecule has 0 unspecified atom stereocenters. The van der Waals surface area contributed by atoms with Crippen molar-refractivity contribution in [3.63, 3.8) is 0 Å². The van der Waals surface area contributed by atoms with Crippen LogP contribution in [0.4, 0.5) is 29.3 Å². The van der Waals surface area contributed by atoms with Crippen molar-refractivity contribution in [3.05, 3.63) is 47.5 Å². The quantitative estimate of drug-likeness (QED) is 0.760. The maximum atomic E-state index is 12.5. The summed E-state index contributed by atoms with van der Waals surface area (Å²) in [5.41, 5.74) is 2.87. The number of ether oxygens (including phenoxy) is 2. The zero-order chi connectivity index (χ0) is 22.2. The molecule has 0 saturated carbocycles. The molecule has 164 valence electrons. The van der Waals surface area contributed by atoms with Gasteiger partial charge in [-0.25, -0.2) is 4.79 Å². The zero-order valence-electron chi connectivity index (χ0n) is 16.6. The molecule has 31 heavy (non-hydrogen) atoms. The highest BCUT2D eigenvalue weighted by molar-refractivity contribution is 5.97. The van der Waals surface area contributed by atoms with Gasteiger partial charge in [0.25, 0.3) is 0 Å². The van der Waals surface area contributed by atoms with Crippen LogP contribution in [-0.4, -0.2) is 32.0 Å². The second kappa shape index (κ2) is 8.01. The van der Waals surface area contributed by atoms with Gasteiger partial charge < -0.3 is 25.0 Å². The largest absolute Gasteiger partial charge is 0.573 e. The van der Waals surface area contributed by atoms with Crippen LogP contribution >= 0.6 is 0 Å². The van der Waals surface area contributed by atoms with Crippen molar-refractivity contribution in [1.82, 2.24) is 5.32 Å². The van der Waals surface area contributed by atoms with Crippen molar-refractivity contribution >= 4 is 23.3 Å². The minimum absolute atomic E-state index is 0.0155. The molecule has 3 amide bonds. The molecule has 0 fully saturated rings. The summed E-state index contributed by atoms with van der Waals surface area (Å²) >= 11 is 0. The molecule has 2 aromatic rings. The average molecular weight is 435 g/mol. The van der Waals surface area contributed by atoms with Gasteiger partial charge in [0, 0.05) is 42.9 Å². The third-order valence-electron chi connectivity index (χ3n) is 5.25. The fraction of sp³-hybridized carbons (Fsp3) is 0.333. The number of alkyl halides is 3. The molecule has 2 heterocycles. The lowest BCUT2D eigenvalue weighted by molar-refractivity contribution is -0.274. The number of amides is 3. The number of rotatable bonds is 3. The third-order valence-corrected chi connectivity index (χ3v) is 5.25. The van der Waals surface area contributed by atoms with Gasteiger partial charge in [-0.2, -0.15) is 0 Å². The molecule has 2 N–H and O–H groups in total. The minimum Gasteiger partial charge on any atom is -0.493 e. The second-order valence-corrected chi connectivity index (χ2v) is 7.33. The molecule has 0 spiro atoms. The van der Waals surface area contributed by atoms with E-state index in [1.165, 1.54) is 12.1 Å². The number of halogens is 3. The van der Waals surface area contributed by atoms with E-state index in [1.54, 1.807) is 24.1 Å². The molecule has 2 aliphatic heterocycles. The lowest BCUT2D eigenvalue weighted by Gasteiger charge is -2.28. The summed E-state index contributed by atoms with van der Waals surface area (Å²) in [5.74, 6) is -0.141. The van der Waals surface area contributed by atoms with Crippen molar-refractivity contribution < 1.29 is 32.2 Å². The summed E-state index contributed by atoms with van der Waals surface area (Å²) < 4.78 is 46.6. The van der Waals surface area contributed by atoms with Gasteiger partial charge in [-0.05, 0) is 36.2 Å². The Labute approximate surface area is 176 Å². The number of hydrogen-bond donors (Lipinski definition) is 2. The van der Waals surface area contributed by atoms with E-state index in [-0.39, 0.29) is 24.0 Å². The van der Waals surface area contributed by atoms with Gasteiger partial charge in [0.15, 0.2) is 0 Å². The van der Waals surface area contributed by atoms with Crippen molar-refractivity contribution in [1.29, 1.82) is 0 Å². The van der Waals surface area contributed by atoms with Crippen molar-refractivity contribution in [3.8, 4) is 11.5 Å². The van der Waals surface area contributed by atoms with E-state index in [0.29, 0.717) is 30.5 Å². The summed E-state index contributed by atoms with van der Waals surface area (Å²) in [6, 6.07) is 8.25. The van der Waals surface area contributed by atoms with E-state index in [9.17, 15) is 22.8 Å². The van der Waals surface area contributed by atoms with Gasteiger partial charge in [-0.3, -0.25) is 4.79 Å². The number of carbonyl (C=O) groups excluding carboxylic acids is 2. The van der Waals surface area contributed by atoms with Gasteiger partial charge in [-0.1, -0.05) is 6.07 Å². The van der Waals surface area contributed by atoms with Crippen LogP contribution in [0.2, 0.25) is 0 Å². The van der Waals surface area contributed by atoms with Crippen LogP contribution < -0.4 is 25.0 Å². The maximum Gasteiger partial charge on any atom is 0.573 e. The third kappa shape index (κ3) is 4.68. The Morgan fingerprint density at radius 1 is 1.19 bits per heavy atom. The molecule has 0 saturated heterocycles. The van der Waals surface area contributed by atoms with Gasteiger partial charge in [0.1, 0.15) is 11.5 Å². The number of nitrogens with one attached hydrogen (secondary N) is 2. The summed E-state index contributed by atoms with van der Waals surface area (Å²) in [6.45, 7) is 0.235. The molecule has 10 heteroatoms. The number of urea groups is 1. The Bertz CT molecular complexity index is 1030. The first-order valence-electron chi connectivity index (χ1n) is 9.69. The summed E-state index contributed by atoms with van der Waals surface area (Å²) in [5, 5.41) is 5.56. The van der Waals surface area contributed by atoms with Crippen LogP contribution in [0.3, 0.4) is 0 Å². The Hall–Kier alpha value is -3.43. The second-order valence-electron chi connectivity index (χ2n) is 7.33. The number of hydrogen-bond acceptors (Lipinski definition) is 4. The minimum atomic E-state index is -4.80. The predicted octanol–water partition coefficient (Wildman–Crippen LogP) is 4.14. The number of fused-ring (bicyclic) bond motifs is 2. The van der Waals surface area contributed by atoms with Crippen LogP contribution in [0.5, 0.6) is 11.5 Å². The van der Waals surface area contributed by atoms with E-state index in [4.69, 9.17) is 4.74 Å². The van der Waals surface area contributed by atoms with Crippen molar-refractivity contribution in [2.75, 3.05) is 23.9 Å².